The topological polar surface area (TPSA) is 232 Å². The first-order chi connectivity index (χ1) is 11.8. The van der Waals surface area contributed by atoms with Gasteiger partial charge in [-0.15, -0.1) is 0 Å². The Kier molecular flexibility index (Phi) is 8.83. The van der Waals surface area contributed by atoms with Gasteiger partial charge in [0.25, 0.3) is 0 Å². The number of H-pyrrole nitrogens is 2. The van der Waals surface area contributed by atoms with Gasteiger partial charge in [0.1, 0.15) is 0 Å². The molecule has 0 radical (unpaired) electrons. The number of hydrogen-bond acceptors (Lipinski definition) is 7. The van der Waals surface area contributed by atoms with Crippen LogP contribution in [0.5, 0.6) is 0 Å². The molecule has 8 bridgehead atoms. The van der Waals surface area contributed by atoms with E-state index in [1.54, 1.807) is 0 Å². The molecule has 0 atom stereocenters. The molecule has 29 heavy (non-hydrogen) atoms. The molecule has 0 saturated heterocycles. The third-order valence-corrected chi connectivity index (χ3v) is 4.04. The lowest BCUT2D eigenvalue weighted by molar-refractivity contribution is 1.28. The Hall–Kier alpha value is -3.60. The van der Waals surface area contributed by atoms with Crippen LogP contribution >= 0.6 is 0 Å². The zero-order chi connectivity index (χ0) is 15.9. The average molecular weight is 396 g/mol. The van der Waals surface area contributed by atoms with E-state index in [2.05, 4.69) is 50.3 Å². The summed E-state index contributed by atoms with van der Waals surface area (Å²) in [4.78, 5) is 16.0. The lowest BCUT2D eigenvalue weighted by atomic mass is 10.3. The van der Waals surface area contributed by atoms with Gasteiger partial charge in [-0.25, -0.2) is 9.97 Å². The molecule has 3 aromatic heterocycles. The maximum Gasteiger partial charge on any atom is 0.0659 e. The number of aromatic amines is 2. The Morgan fingerprint density at radius 3 is 1.10 bits per heavy atom. The second-order valence-corrected chi connectivity index (χ2v) is 5.91. The molecule has 5 rings (SSSR count). The van der Waals surface area contributed by atoms with Crippen molar-refractivity contribution < 1.29 is 0 Å². The number of aromatic nitrogens is 4. The van der Waals surface area contributed by atoms with E-state index >= 15 is 0 Å². The zero-order valence-corrected chi connectivity index (χ0v) is 16.4. The van der Waals surface area contributed by atoms with E-state index in [-0.39, 0.29) is 30.8 Å². The molecule has 5 heterocycles. The van der Waals surface area contributed by atoms with Crippen LogP contribution < -0.4 is 30.8 Å². The lowest BCUT2D eigenvalue weighted by Crippen LogP contribution is -1.77. The van der Waals surface area contributed by atoms with Crippen molar-refractivity contribution in [1.29, 1.82) is 0 Å². The number of hydrogen-bond donors (Lipinski definition) is 7. The van der Waals surface area contributed by atoms with E-state index in [0.717, 1.165) is 44.8 Å². The normalized spacial score (nSPS) is 10.5. The summed E-state index contributed by atoms with van der Waals surface area (Å²) in [6.07, 6.45) is 8.05. The Morgan fingerprint density at radius 2 is 0.724 bits per heavy atom. The largest absolute Gasteiger partial charge is 0.355 e. The molecule has 2 aliphatic heterocycles. The number of nitrogens with one attached hydrogen (secondary N) is 2. The Labute approximate surface area is 168 Å². The Morgan fingerprint density at radius 1 is 0.414 bits per heavy atom. The van der Waals surface area contributed by atoms with Crippen LogP contribution in [0.15, 0.2) is 48.5 Å². The van der Waals surface area contributed by atoms with Crippen molar-refractivity contribution in [3.63, 3.8) is 0 Å². The first-order valence-electron chi connectivity index (χ1n) is 7.85. The summed E-state index contributed by atoms with van der Waals surface area (Å²) in [6.45, 7) is 0. The van der Waals surface area contributed by atoms with E-state index in [1.807, 2.05) is 42.5 Å². The van der Waals surface area contributed by atoms with Gasteiger partial charge >= 0.3 is 0 Å². The van der Waals surface area contributed by atoms with Crippen LogP contribution in [0.1, 0.15) is 22.8 Å². The fourth-order valence-electron chi connectivity index (χ4n) is 2.94. The van der Waals surface area contributed by atoms with Crippen molar-refractivity contribution in [1.82, 2.24) is 50.7 Å². The van der Waals surface area contributed by atoms with Gasteiger partial charge in [-0.3, -0.25) is 0 Å². The zero-order valence-electron chi connectivity index (χ0n) is 16.4. The van der Waals surface area contributed by atoms with Crippen molar-refractivity contribution in [2.24, 2.45) is 0 Å². The molecule has 17 N–H and O–H groups in total. The van der Waals surface area contributed by atoms with Gasteiger partial charge in [-0.2, -0.15) is 0 Å². The minimum absolute atomic E-state index is 0. The van der Waals surface area contributed by atoms with Gasteiger partial charge in [0.2, 0.25) is 0 Å². The molecule has 0 saturated carbocycles. The first kappa shape index (κ1) is 25.4. The minimum atomic E-state index is 0. The highest BCUT2D eigenvalue weighted by atomic mass is 14.8. The highest BCUT2D eigenvalue weighted by molar-refractivity contribution is 5.77. The quantitative estimate of drug-likeness (QED) is 0.178. The van der Waals surface area contributed by atoms with Gasteiger partial charge in [0.05, 0.1) is 22.8 Å². The van der Waals surface area contributed by atoms with Gasteiger partial charge in [-0.1, -0.05) is 0 Å². The van der Waals surface area contributed by atoms with Crippen LogP contribution in [0.2, 0.25) is 0 Å². The molecule has 154 valence electrons. The van der Waals surface area contributed by atoms with Crippen LogP contribution in [0.25, 0.3) is 46.4 Å². The van der Waals surface area contributed by atoms with Crippen LogP contribution in [0.3, 0.4) is 0 Å². The fourth-order valence-corrected chi connectivity index (χ4v) is 2.94. The van der Waals surface area contributed by atoms with E-state index in [0.29, 0.717) is 0 Å². The summed E-state index contributed by atoms with van der Waals surface area (Å²) in [6, 6.07) is 16.4. The standard InChI is InChI=1S/C20H14N4.5H3N/c1-2-14-10-16-5-6-18(23-16)12-20-8-7-19(24-20)11-17-4-3-15(22-17)9-13(1)21-14;;;;;/h1-12,21-22H;5*1H3. The van der Waals surface area contributed by atoms with Crippen molar-refractivity contribution in [3.05, 3.63) is 71.3 Å². The number of rotatable bonds is 0. The van der Waals surface area contributed by atoms with Crippen molar-refractivity contribution in [2.45, 2.75) is 0 Å². The predicted octanol–water partition coefficient (Wildman–Crippen LogP) is 5.47. The molecule has 0 spiro atoms. The van der Waals surface area contributed by atoms with Crippen LogP contribution in [0, 0.1) is 0 Å². The molecular formula is C20H29N9. The third-order valence-electron chi connectivity index (χ3n) is 4.04. The van der Waals surface area contributed by atoms with Gasteiger partial charge in [-0.05, 0) is 72.8 Å². The molecule has 0 aliphatic carbocycles. The summed E-state index contributed by atoms with van der Waals surface area (Å²) in [7, 11) is 0. The maximum absolute atomic E-state index is 4.62. The first-order valence-corrected chi connectivity index (χ1v) is 7.85. The highest BCUT2D eigenvalue weighted by Gasteiger charge is 2.02. The van der Waals surface area contributed by atoms with Crippen molar-refractivity contribution in [2.75, 3.05) is 0 Å². The monoisotopic (exact) mass is 395 g/mol. The molecule has 3 aromatic rings. The summed E-state index contributed by atoms with van der Waals surface area (Å²) in [5.74, 6) is 0. The SMILES string of the molecule is C1=Cc2cc3ccc(cc4ccc(cc5nc(cc1n2)C=C5)[nH]4)[nH]3.N.N.N.N.N. The number of nitrogens with zero attached hydrogens (tertiary/aromatic N) is 2. The summed E-state index contributed by atoms with van der Waals surface area (Å²) < 4.78 is 0. The summed E-state index contributed by atoms with van der Waals surface area (Å²) in [5, 5.41) is 0. The minimum Gasteiger partial charge on any atom is -0.355 e. The van der Waals surface area contributed by atoms with Gasteiger partial charge in [0, 0.05) is 22.1 Å². The number of fused-ring (bicyclic) bond motifs is 8. The Balaban J connectivity index is 0.00000157. The average Bonchev–Trinajstić information content (AvgIpc) is 3.32. The van der Waals surface area contributed by atoms with Crippen LogP contribution in [-0.4, -0.2) is 19.9 Å². The molecule has 0 amide bonds. The smallest absolute Gasteiger partial charge is 0.0659 e. The Bertz CT molecular complexity index is 1080. The molecule has 0 aromatic carbocycles. The van der Waals surface area contributed by atoms with Crippen molar-refractivity contribution >= 4 is 46.4 Å². The second-order valence-electron chi connectivity index (χ2n) is 5.91. The van der Waals surface area contributed by atoms with E-state index < -0.39 is 0 Å². The van der Waals surface area contributed by atoms with Crippen LogP contribution in [0.4, 0.5) is 0 Å². The lowest BCUT2D eigenvalue weighted by Gasteiger charge is -1.86. The third kappa shape index (κ3) is 5.23. The van der Waals surface area contributed by atoms with Crippen LogP contribution in [-0.2, 0) is 0 Å². The highest BCUT2D eigenvalue weighted by Crippen LogP contribution is 2.17. The maximum atomic E-state index is 4.62. The van der Waals surface area contributed by atoms with E-state index in [9.17, 15) is 0 Å². The fraction of sp³-hybridized carbons (Fsp3) is 0. The second kappa shape index (κ2) is 10.1. The summed E-state index contributed by atoms with van der Waals surface area (Å²) in [5.41, 5.74) is 7.86. The molecule has 2 aliphatic rings. The van der Waals surface area contributed by atoms with Gasteiger partial charge < -0.3 is 40.7 Å². The molecule has 0 fully saturated rings. The van der Waals surface area contributed by atoms with E-state index in [1.165, 1.54) is 0 Å². The molecule has 0 unspecified atom stereocenters. The van der Waals surface area contributed by atoms with Gasteiger partial charge in [0.15, 0.2) is 0 Å². The molecule has 9 heteroatoms. The predicted molar refractivity (Wildman–Crippen MR) is 124 cm³/mol. The van der Waals surface area contributed by atoms with Crippen molar-refractivity contribution in [3.8, 4) is 0 Å². The summed E-state index contributed by atoms with van der Waals surface area (Å²) >= 11 is 0. The molecular weight excluding hydrogens is 366 g/mol. The molecule has 9 nitrogen and oxygen atoms in total. The van der Waals surface area contributed by atoms with E-state index in [4.69, 9.17) is 0 Å².